The minimum atomic E-state index is -1.77. The van der Waals surface area contributed by atoms with Crippen LogP contribution in [0.2, 0.25) is 0 Å². The molecule has 1 unspecified atom stereocenters. The van der Waals surface area contributed by atoms with Crippen LogP contribution < -0.4 is 0 Å². The van der Waals surface area contributed by atoms with Gasteiger partial charge in [-0.2, -0.15) is 0 Å². The van der Waals surface area contributed by atoms with E-state index in [1.165, 1.54) is 14.0 Å². The van der Waals surface area contributed by atoms with Crippen molar-refractivity contribution in [3.8, 4) is 0 Å². The van der Waals surface area contributed by atoms with Crippen molar-refractivity contribution in [3.05, 3.63) is 23.3 Å². The molecule has 18 heavy (non-hydrogen) atoms. The second-order valence-electron chi connectivity index (χ2n) is 4.84. The molecule has 0 heterocycles. The Bertz CT molecular complexity index is 375. The van der Waals surface area contributed by atoms with Gasteiger partial charge in [0.05, 0.1) is 7.11 Å². The van der Waals surface area contributed by atoms with E-state index >= 15 is 0 Å². The van der Waals surface area contributed by atoms with Crippen molar-refractivity contribution in [1.82, 2.24) is 0 Å². The molecular weight excluding hydrogens is 232 g/mol. The molecule has 0 radical (unpaired) electrons. The van der Waals surface area contributed by atoms with Gasteiger partial charge in [0.1, 0.15) is 5.78 Å². The number of hydrogen-bond donors (Lipinski definition) is 1. The molecule has 102 valence electrons. The van der Waals surface area contributed by atoms with Crippen molar-refractivity contribution in [1.29, 1.82) is 0 Å². The van der Waals surface area contributed by atoms with Crippen LogP contribution in [0.1, 0.15) is 40.5 Å². The van der Waals surface area contributed by atoms with E-state index in [4.69, 9.17) is 0 Å². The summed E-state index contributed by atoms with van der Waals surface area (Å²) in [6, 6.07) is 0. The van der Waals surface area contributed by atoms with Crippen LogP contribution in [0.3, 0.4) is 0 Å². The van der Waals surface area contributed by atoms with E-state index in [9.17, 15) is 14.7 Å². The molecule has 0 aliphatic rings. The summed E-state index contributed by atoms with van der Waals surface area (Å²) in [4.78, 5) is 22.7. The monoisotopic (exact) mass is 254 g/mol. The van der Waals surface area contributed by atoms with E-state index in [1.807, 2.05) is 26.0 Å². The zero-order valence-electron chi connectivity index (χ0n) is 11.7. The molecule has 0 spiro atoms. The topological polar surface area (TPSA) is 63.6 Å². The SMILES string of the molecule is COC(=O)C(O)(CC(C)=O)C/C(C)=C/C=C(C)C. The first-order valence-corrected chi connectivity index (χ1v) is 5.82. The Morgan fingerprint density at radius 3 is 2.06 bits per heavy atom. The van der Waals surface area contributed by atoms with Crippen LogP contribution in [-0.2, 0) is 14.3 Å². The van der Waals surface area contributed by atoms with Gasteiger partial charge in [0.15, 0.2) is 5.60 Å². The highest BCUT2D eigenvalue weighted by molar-refractivity contribution is 5.87. The number of carbonyl (C=O) groups excluding carboxylic acids is 2. The molecule has 0 aliphatic heterocycles. The lowest BCUT2D eigenvalue weighted by atomic mass is 9.90. The van der Waals surface area contributed by atoms with E-state index in [2.05, 4.69) is 4.74 Å². The molecule has 0 bridgehead atoms. The second kappa shape index (κ2) is 7.11. The van der Waals surface area contributed by atoms with Gasteiger partial charge >= 0.3 is 5.97 Å². The van der Waals surface area contributed by atoms with Crippen LogP contribution in [-0.4, -0.2) is 29.6 Å². The van der Waals surface area contributed by atoms with Gasteiger partial charge < -0.3 is 9.84 Å². The predicted molar refractivity (Wildman–Crippen MR) is 70.1 cm³/mol. The van der Waals surface area contributed by atoms with Gasteiger partial charge in [-0.05, 0) is 27.7 Å². The lowest BCUT2D eigenvalue weighted by molar-refractivity contribution is -0.164. The molecule has 0 aliphatic carbocycles. The van der Waals surface area contributed by atoms with Crippen LogP contribution in [0, 0.1) is 0 Å². The molecule has 0 aromatic rings. The summed E-state index contributed by atoms with van der Waals surface area (Å²) in [6.45, 7) is 7.04. The predicted octanol–water partition coefficient (Wildman–Crippen LogP) is 2.17. The number of rotatable bonds is 6. The van der Waals surface area contributed by atoms with Crippen molar-refractivity contribution in [2.75, 3.05) is 7.11 Å². The fourth-order valence-corrected chi connectivity index (χ4v) is 1.64. The summed E-state index contributed by atoms with van der Waals surface area (Å²) in [5.74, 6) is -1.03. The maximum Gasteiger partial charge on any atom is 0.338 e. The van der Waals surface area contributed by atoms with Gasteiger partial charge in [-0.25, -0.2) is 4.79 Å². The van der Waals surface area contributed by atoms with Crippen LogP contribution in [0.4, 0.5) is 0 Å². The number of methoxy groups -OCH3 is 1. The van der Waals surface area contributed by atoms with Crippen molar-refractivity contribution in [2.45, 2.75) is 46.1 Å². The Labute approximate surface area is 108 Å². The Morgan fingerprint density at radius 1 is 1.11 bits per heavy atom. The van der Waals surface area contributed by atoms with Gasteiger partial charge in [0.25, 0.3) is 0 Å². The van der Waals surface area contributed by atoms with Crippen molar-refractivity contribution < 1.29 is 19.4 Å². The van der Waals surface area contributed by atoms with E-state index in [0.29, 0.717) is 0 Å². The number of Topliss-reactive ketones (excluding diaryl/α,β-unsaturated/α-hetero) is 1. The van der Waals surface area contributed by atoms with Gasteiger partial charge in [0.2, 0.25) is 0 Å². The van der Waals surface area contributed by atoms with Gasteiger partial charge in [-0.1, -0.05) is 23.3 Å². The standard InChI is InChI=1S/C14H22O4/c1-10(2)6-7-11(3)8-14(17,9-12(4)15)13(16)18-5/h6-7,17H,8-9H2,1-5H3/b11-7+. The third kappa shape index (κ3) is 5.77. The molecule has 4 nitrogen and oxygen atoms in total. The summed E-state index contributed by atoms with van der Waals surface area (Å²) in [6.07, 6.45) is 3.56. The summed E-state index contributed by atoms with van der Waals surface area (Å²) < 4.78 is 4.56. The third-order valence-electron chi connectivity index (χ3n) is 2.38. The minimum absolute atomic E-state index is 0.0863. The fraction of sp³-hybridized carbons (Fsp3) is 0.571. The van der Waals surface area contributed by atoms with Crippen LogP contribution in [0.5, 0.6) is 0 Å². The zero-order valence-corrected chi connectivity index (χ0v) is 11.7. The van der Waals surface area contributed by atoms with Gasteiger partial charge in [0, 0.05) is 12.8 Å². The molecule has 0 aromatic carbocycles. The average molecular weight is 254 g/mol. The van der Waals surface area contributed by atoms with Crippen molar-refractivity contribution in [2.24, 2.45) is 0 Å². The summed E-state index contributed by atoms with van der Waals surface area (Å²) in [5, 5.41) is 10.2. The van der Waals surface area contributed by atoms with Crippen molar-refractivity contribution in [3.63, 3.8) is 0 Å². The van der Waals surface area contributed by atoms with E-state index in [1.54, 1.807) is 6.92 Å². The minimum Gasteiger partial charge on any atom is -0.467 e. The lowest BCUT2D eigenvalue weighted by Gasteiger charge is -2.24. The lowest BCUT2D eigenvalue weighted by Crippen LogP contribution is -2.41. The summed E-state index contributed by atoms with van der Waals surface area (Å²) in [5.41, 5.74) is 0.157. The summed E-state index contributed by atoms with van der Waals surface area (Å²) >= 11 is 0. The molecule has 1 atom stereocenters. The highest BCUT2D eigenvalue weighted by Gasteiger charge is 2.38. The van der Waals surface area contributed by atoms with E-state index in [0.717, 1.165) is 11.1 Å². The fourth-order valence-electron chi connectivity index (χ4n) is 1.64. The smallest absolute Gasteiger partial charge is 0.338 e. The zero-order chi connectivity index (χ0) is 14.3. The molecule has 0 saturated heterocycles. The molecule has 0 rings (SSSR count). The number of carbonyl (C=O) groups is 2. The largest absolute Gasteiger partial charge is 0.467 e. The van der Waals surface area contributed by atoms with Crippen LogP contribution in [0.15, 0.2) is 23.3 Å². The van der Waals surface area contributed by atoms with E-state index < -0.39 is 11.6 Å². The normalized spacial score (nSPS) is 14.7. The first kappa shape index (κ1) is 16.6. The number of ketones is 1. The second-order valence-corrected chi connectivity index (χ2v) is 4.84. The average Bonchev–Trinajstić information content (AvgIpc) is 2.23. The van der Waals surface area contributed by atoms with Gasteiger partial charge in [-0.3, -0.25) is 4.79 Å². The number of allylic oxidation sites excluding steroid dienone is 3. The quantitative estimate of drug-likeness (QED) is 0.583. The molecule has 0 fully saturated rings. The number of aliphatic hydroxyl groups is 1. The molecule has 4 heteroatoms. The molecule has 0 amide bonds. The Kier molecular flexibility index (Phi) is 6.55. The first-order valence-electron chi connectivity index (χ1n) is 5.82. The first-order chi connectivity index (χ1) is 8.21. The molecule has 1 N–H and O–H groups in total. The maximum atomic E-state index is 11.6. The highest BCUT2D eigenvalue weighted by Crippen LogP contribution is 2.23. The van der Waals surface area contributed by atoms with Crippen LogP contribution in [0.25, 0.3) is 0 Å². The highest BCUT2D eigenvalue weighted by atomic mass is 16.5. The molecule has 0 aromatic heterocycles. The number of esters is 1. The van der Waals surface area contributed by atoms with Crippen molar-refractivity contribution >= 4 is 11.8 Å². The van der Waals surface area contributed by atoms with Gasteiger partial charge in [-0.15, -0.1) is 0 Å². The maximum absolute atomic E-state index is 11.6. The Morgan fingerprint density at radius 2 is 1.67 bits per heavy atom. The Hall–Kier alpha value is -1.42. The number of ether oxygens (including phenoxy) is 1. The third-order valence-corrected chi connectivity index (χ3v) is 2.38. The Balaban J connectivity index is 5.01. The molecule has 0 saturated carbocycles. The van der Waals surface area contributed by atoms with Crippen LogP contribution >= 0.6 is 0 Å². The number of hydrogen-bond acceptors (Lipinski definition) is 4. The summed E-state index contributed by atoms with van der Waals surface area (Å²) in [7, 11) is 1.20. The molecular formula is C14H22O4. The van der Waals surface area contributed by atoms with E-state index in [-0.39, 0.29) is 18.6 Å².